The van der Waals surface area contributed by atoms with E-state index in [1.807, 2.05) is 30.3 Å². The van der Waals surface area contributed by atoms with Gasteiger partial charge in [0.2, 0.25) is 11.7 Å². The molecule has 0 spiro atoms. The largest absolute Gasteiger partial charge is 0.493 e. The number of carbonyl (C=O) groups excluding carboxylic acids is 2. The number of amides is 2. The molecular weight excluding hydrogens is 482 g/mol. The number of nitro benzene ring substituents is 1. The highest BCUT2D eigenvalue weighted by Crippen LogP contribution is 2.52. The Morgan fingerprint density at radius 2 is 1.49 bits per heavy atom. The summed E-state index contributed by atoms with van der Waals surface area (Å²) < 4.78 is 16.7. The third-order valence-electron chi connectivity index (χ3n) is 6.50. The number of fused-ring (bicyclic) bond motifs is 1. The van der Waals surface area contributed by atoms with Crippen LogP contribution in [0.2, 0.25) is 0 Å². The second-order valence-corrected chi connectivity index (χ2v) is 8.37. The summed E-state index contributed by atoms with van der Waals surface area (Å²) in [4.78, 5) is 45.0. The summed E-state index contributed by atoms with van der Waals surface area (Å²) in [6.45, 7) is 0. The first-order valence-corrected chi connectivity index (χ1v) is 11.3. The van der Waals surface area contributed by atoms with E-state index < -0.39 is 34.8 Å². The van der Waals surface area contributed by atoms with Crippen LogP contribution in [0.5, 0.6) is 17.2 Å². The van der Waals surface area contributed by atoms with E-state index >= 15 is 0 Å². The molecular formula is C26H23N3O8. The second kappa shape index (κ2) is 9.43. The van der Waals surface area contributed by atoms with Gasteiger partial charge in [0.05, 0.1) is 37.6 Å². The Bertz CT molecular complexity index is 1360. The number of non-ortho nitro benzene ring substituents is 1. The van der Waals surface area contributed by atoms with Gasteiger partial charge in [-0.25, -0.2) is 9.96 Å². The lowest BCUT2D eigenvalue weighted by Crippen LogP contribution is -2.37. The van der Waals surface area contributed by atoms with Crippen molar-refractivity contribution in [1.29, 1.82) is 0 Å². The number of imide groups is 1. The molecule has 0 saturated carbocycles. The number of hydrogen-bond acceptors (Lipinski definition) is 9. The number of hydroxylamine groups is 1. The van der Waals surface area contributed by atoms with Gasteiger partial charge in [0.15, 0.2) is 17.6 Å². The molecule has 2 amide bonds. The Hall–Kier alpha value is -4.64. The highest BCUT2D eigenvalue weighted by molar-refractivity contribution is 6.24. The van der Waals surface area contributed by atoms with Crippen molar-refractivity contribution in [3.8, 4) is 17.2 Å². The molecule has 11 heteroatoms. The van der Waals surface area contributed by atoms with E-state index in [-0.39, 0.29) is 11.4 Å². The van der Waals surface area contributed by atoms with E-state index in [1.165, 1.54) is 45.6 Å². The predicted octanol–water partition coefficient (Wildman–Crippen LogP) is 3.67. The summed E-state index contributed by atoms with van der Waals surface area (Å²) in [5.74, 6) is -0.883. The van der Waals surface area contributed by atoms with Gasteiger partial charge in [0.1, 0.15) is 12.0 Å². The van der Waals surface area contributed by atoms with E-state index in [9.17, 15) is 19.7 Å². The molecule has 2 saturated heterocycles. The summed E-state index contributed by atoms with van der Waals surface area (Å²) in [7, 11) is 4.46. The number of rotatable bonds is 7. The minimum Gasteiger partial charge on any atom is -0.493 e. The number of nitrogens with zero attached hydrogens (tertiary/aromatic N) is 3. The first kappa shape index (κ1) is 24.1. The van der Waals surface area contributed by atoms with Crippen LogP contribution in [0.25, 0.3) is 0 Å². The van der Waals surface area contributed by atoms with Gasteiger partial charge in [0, 0.05) is 17.7 Å². The average Bonchev–Trinajstić information content (AvgIpc) is 3.43. The van der Waals surface area contributed by atoms with Gasteiger partial charge in [-0.15, -0.1) is 0 Å². The van der Waals surface area contributed by atoms with E-state index in [0.29, 0.717) is 28.5 Å². The summed E-state index contributed by atoms with van der Waals surface area (Å²) in [6.07, 6.45) is -1.12. The number of nitro groups is 1. The topological polar surface area (TPSA) is 121 Å². The fourth-order valence-electron chi connectivity index (χ4n) is 4.86. The Morgan fingerprint density at radius 1 is 0.811 bits per heavy atom. The highest BCUT2D eigenvalue weighted by Gasteiger charge is 2.61. The number of benzene rings is 3. The molecule has 2 aliphatic rings. The van der Waals surface area contributed by atoms with E-state index in [2.05, 4.69) is 0 Å². The molecule has 5 rings (SSSR count). The van der Waals surface area contributed by atoms with Crippen molar-refractivity contribution in [3.63, 3.8) is 0 Å². The summed E-state index contributed by atoms with van der Waals surface area (Å²) in [5, 5.41) is 12.6. The zero-order chi connectivity index (χ0) is 26.3. The number of anilines is 2. The van der Waals surface area contributed by atoms with Gasteiger partial charge in [-0.05, 0) is 36.4 Å². The molecule has 0 bridgehead atoms. The van der Waals surface area contributed by atoms with Crippen LogP contribution in [-0.2, 0) is 14.4 Å². The lowest BCUT2D eigenvalue weighted by molar-refractivity contribution is -0.384. The molecule has 0 aliphatic carbocycles. The highest BCUT2D eigenvalue weighted by atomic mass is 16.7. The first-order valence-electron chi connectivity index (χ1n) is 11.3. The first-order chi connectivity index (χ1) is 17.9. The molecule has 0 radical (unpaired) electrons. The van der Waals surface area contributed by atoms with Gasteiger partial charge < -0.3 is 14.2 Å². The molecule has 3 atom stereocenters. The van der Waals surface area contributed by atoms with Crippen molar-refractivity contribution in [3.05, 3.63) is 82.4 Å². The van der Waals surface area contributed by atoms with Crippen molar-refractivity contribution in [2.75, 3.05) is 31.3 Å². The monoisotopic (exact) mass is 505 g/mol. The van der Waals surface area contributed by atoms with Crippen LogP contribution in [0, 0.1) is 16.0 Å². The van der Waals surface area contributed by atoms with Gasteiger partial charge in [-0.1, -0.05) is 18.2 Å². The second-order valence-electron chi connectivity index (χ2n) is 8.37. The molecule has 0 N–H and O–H groups in total. The smallest absolute Gasteiger partial charge is 0.269 e. The number of carbonyl (C=O) groups is 2. The maximum Gasteiger partial charge on any atom is 0.269 e. The van der Waals surface area contributed by atoms with E-state index in [1.54, 1.807) is 17.2 Å². The Balaban J connectivity index is 1.63. The molecule has 2 fully saturated rings. The quantitative estimate of drug-likeness (QED) is 0.269. The predicted molar refractivity (Wildman–Crippen MR) is 132 cm³/mol. The van der Waals surface area contributed by atoms with Crippen LogP contribution in [0.3, 0.4) is 0 Å². The van der Waals surface area contributed by atoms with Crippen LogP contribution in [0.1, 0.15) is 11.6 Å². The van der Waals surface area contributed by atoms with Crippen molar-refractivity contribution in [2.24, 2.45) is 5.92 Å². The molecule has 3 aromatic rings. The van der Waals surface area contributed by atoms with Crippen LogP contribution < -0.4 is 24.2 Å². The zero-order valence-corrected chi connectivity index (χ0v) is 20.2. The molecule has 11 nitrogen and oxygen atoms in total. The summed E-state index contributed by atoms with van der Waals surface area (Å²) in [6, 6.07) is 17.0. The molecule has 37 heavy (non-hydrogen) atoms. The third-order valence-corrected chi connectivity index (χ3v) is 6.50. The number of hydrogen-bond donors (Lipinski definition) is 0. The zero-order valence-electron chi connectivity index (χ0n) is 20.2. The van der Waals surface area contributed by atoms with Gasteiger partial charge in [-0.2, -0.15) is 0 Å². The molecule has 2 aliphatic heterocycles. The molecule has 3 aromatic carbocycles. The molecule has 3 unspecified atom stereocenters. The fraction of sp³-hybridized carbons (Fsp3) is 0.231. The van der Waals surface area contributed by atoms with Crippen molar-refractivity contribution in [2.45, 2.75) is 12.1 Å². The number of ether oxygens (including phenoxy) is 3. The van der Waals surface area contributed by atoms with Crippen molar-refractivity contribution in [1.82, 2.24) is 0 Å². The lowest BCUT2D eigenvalue weighted by atomic mass is 9.89. The van der Waals surface area contributed by atoms with Gasteiger partial charge >= 0.3 is 0 Å². The van der Waals surface area contributed by atoms with E-state index in [4.69, 9.17) is 19.0 Å². The minimum atomic E-state index is -1.12. The van der Waals surface area contributed by atoms with Gasteiger partial charge in [0.25, 0.3) is 11.6 Å². The maximum atomic E-state index is 13.8. The Kier molecular flexibility index (Phi) is 6.14. The molecule has 0 aromatic heterocycles. The normalized spacial score (nSPS) is 20.7. The third kappa shape index (κ3) is 3.80. The average molecular weight is 505 g/mol. The SMILES string of the molecule is COc1ccc(C2C3C(=O)N(c4ccc([N+](=O)[O-])cc4)C(=O)C3ON2c2ccccc2)c(OC)c1OC. The molecule has 190 valence electrons. The number of methoxy groups -OCH3 is 3. The maximum absolute atomic E-state index is 13.8. The van der Waals surface area contributed by atoms with Gasteiger partial charge in [-0.3, -0.25) is 24.5 Å². The van der Waals surface area contributed by atoms with E-state index in [0.717, 1.165) is 4.90 Å². The lowest BCUT2D eigenvalue weighted by Gasteiger charge is -2.30. The summed E-state index contributed by atoms with van der Waals surface area (Å²) in [5.41, 5.74) is 1.27. The Labute approximate surface area is 211 Å². The summed E-state index contributed by atoms with van der Waals surface area (Å²) >= 11 is 0. The van der Waals surface area contributed by atoms with Crippen LogP contribution in [-0.4, -0.2) is 44.2 Å². The van der Waals surface area contributed by atoms with Crippen LogP contribution in [0.4, 0.5) is 17.1 Å². The molecule has 2 heterocycles. The fourth-order valence-corrected chi connectivity index (χ4v) is 4.86. The van der Waals surface area contributed by atoms with Crippen LogP contribution >= 0.6 is 0 Å². The minimum absolute atomic E-state index is 0.150. The Morgan fingerprint density at radius 3 is 2.08 bits per heavy atom. The number of para-hydroxylation sites is 1. The standard InChI is InChI=1S/C26H23N3O8/c1-34-19-14-13-18(22(35-2)23(19)36-3)21-20-24(37-28(21)16-7-5-4-6-8-16)26(31)27(25(20)30)15-9-11-17(12-10-15)29(32)33/h4-14,20-21,24H,1-3H3. The van der Waals surface area contributed by atoms with Crippen molar-refractivity contribution >= 4 is 28.9 Å². The van der Waals surface area contributed by atoms with Crippen LogP contribution in [0.15, 0.2) is 66.7 Å². The van der Waals surface area contributed by atoms with Crippen molar-refractivity contribution < 1.29 is 33.6 Å².